The minimum absolute atomic E-state index is 0.0125. The molecule has 0 aromatic heterocycles. The molecule has 0 spiro atoms. The van der Waals surface area contributed by atoms with Gasteiger partial charge in [-0.2, -0.15) is 0 Å². The van der Waals surface area contributed by atoms with E-state index in [4.69, 9.17) is 13.8 Å². The molecule has 48 heavy (non-hydrogen) atoms. The summed E-state index contributed by atoms with van der Waals surface area (Å²) in [7, 11) is -3.99. The number of hydrogen-bond acceptors (Lipinski definition) is 8. The first kappa shape index (κ1) is 36.5. The lowest BCUT2D eigenvalue weighted by molar-refractivity contribution is -0.130. The monoisotopic (exact) mass is 677 g/mol. The molecule has 1 aliphatic heterocycles. The summed E-state index contributed by atoms with van der Waals surface area (Å²) in [5, 5.41) is 5.71. The Bertz CT molecular complexity index is 1540. The molecule has 1 aliphatic rings. The van der Waals surface area contributed by atoms with E-state index < -0.39 is 44.1 Å². The van der Waals surface area contributed by atoms with Crippen molar-refractivity contribution in [2.24, 2.45) is 5.92 Å². The van der Waals surface area contributed by atoms with Gasteiger partial charge in [0, 0.05) is 19.5 Å². The molecule has 3 amide bonds. The number of Topliss-reactive ketones (excluding diaryl/α,β-unsaturated/α-hetero) is 1. The fraction of sp³-hybridized carbons (Fsp3) is 0.389. The zero-order valence-electron chi connectivity index (χ0n) is 27.4. The van der Waals surface area contributed by atoms with Gasteiger partial charge in [-0.25, -0.2) is 4.79 Å². The van der Waals surface area contributed by atoms with E-state index in [0.29, 0.717) is 19.4 Å². The molecule has 2 N–H and O–H groups in total. The number of ether oxygens (including phenoxy) is 1. The Balaban J connectivity index is 1.45. The molecule has 0 saturated carbocycles. The van der Waals surface area contributed by atoms with E-state index in [1.54, 1.807) is 35.2 Å². The Morgan fingerprint density at radius 3 is 2.06 bits per heavy atom. The van der Waals surface area contributed by atoms with Crippen LogP contribution in [0.25, 0.3) is 0 Å². The van der Waals surface area contributed by atoms with Crippen molar-refractivity contribution >= 4 is 36.6 Å². The van der Waals surface area contributed by atoms with Gasteiger partial charge in [0.15, 0.2) is 5.78 Å². The third-order valence-corrected chi connectivity index (χ3v) is 9.68. The summed E-state index contributed by atoms with van der Waals surface area (Å²) in [5.74, 6) is -1.05. The van der Waals surface area contributed by atoms with Gasteiger partial charge in [0.05, 0.1) is 18.0 Å². The average Bonchev–Trinajstić information content (AvgIpc) is 3.50. The molecule has 3 aromatic carbocycles. The Labute approximate surface area is 281 Å². The number of likely N-dealkylation sites (tertiary alicyclic amines) is 1. The van der Waals surface area contributed by atoms with Gasteiger partial charge in [0.2, 0.25) is 11.8 Å². The van der Waals surface area contributed by atoms with E-state index in [-0.39, 0.29) is 43.3 Å². The van der Waals surface area contributed by atoms with Crippen molar-refractivity contribution in [2.75, 3.05) is 26.3 Å². The van der Waals surface area contributed by atoms with Crippen molar-refractivity contribution in [2.45, 2.75) is 58.2 Å². The second kappa shape index (κ2) is 18.3. The maximum absolute atomic E-state index is 14.0. The molecule has 1 unspecified atom stereocenters. The van der Waals surface area contributed by atoms with Crippen molar-refractivity contribution in [3.05, 3.63) is 102 Å². The minimum Gasteiger partial charge on any atom is -0.445 e. The molecule has 12 heteroatoms. The first-order valence-corrected chi connectivity index (χ1v) is 17.7. The van der Waals surface area contributed by atoms with Gasteiger partial charge in [0.25, 0.3) is 0 Å². The molecule has 0 radical (unpaired) electrons. The standard InChI is InChI=1S/C36H44N3O8P/c1-27(2)23-32(38-36(43)45-25-29-15-8-4-9-16-29)35(42)37-31(24-28-13-6-3-7-14-28)33(40)26-47-48(44,30-17-10-5-11-18-30)46-22-21-39-20-12-19-34(39)41/h3-11,13-18,27,31-32H,12,19-26H2,1-2H3,(H,37,42)(H,38,43)/t31-,32-,48?/m0/s1. The lowest BCUT2D eigenvalue weighted by atomic mass is 10.00. The smallest absolute Gasteiger partial charge is 0.408 e. The summed E-state index contributed by atoms with van der Waals surface area (Å²) in [6.07, 6.45) is 0.904. The second-order valence-electron chi connectivity index (χ2n) is 12.0. The first-order chi connectivity index (χ1) is 23.1. The number of hydrogen-bond donors (Lipinski definition) is 2. The van der Waals surface area contributed by atoms with Gasteiger partial charge in [-0.1, -0.05) is 92.7 Å². The number of benzene rings is 3. The number of alkyl carbamates (subject to hydrolysis) is 1. The van der Waals surface area contributed by atoms with Crippen LogP contribution in [-0.2, 0) is 45.8 Å². The minimum atomic E-state index is -3.99. The summed E-state index contributed by atoms with van der Waals surface area (Å²) in [4.78, 5) is 53.7. The van der Waals surface area contributed by atoms with Crippen molar-refractivity contribution in [1.29, 1.82) is 0 Å². The molecule has 256 valence electrons. The molecule has 4 rings (SSSR count). The average molecular weight is 678 g/mol. The molecule has 0 bridgehead atoms. The number of rotatable bonds is 18. The van der Waals surface area contributed by atoms with Crippen LogP contribution in [0.5, 0.6) is 0 Å². The van der Waals surface area contributed by atoms with Gasteiger partial charge in [-0.05, 0) is 48.4 Å². The van der Waals surface area contributed by atoms with Gasteiger partial charge in [-0.3, -0.25) is 23.5 Å². The van der Waals surface area contributed by atoms with Crippen molar-refractivity contribution in [3.63, 3.8) is 0 Å². The molecular weight excluding hydrogens is 633 g/mol. The van der Waals surface area contributed by atoms with Crippen LogP contribution < -0.4 is 15.9 Å². The Morgan fingerprint density at radius 1 is 0.833 bits per heavy atom. The topological polar surface area (TPSA) is 140 Å². The fourth-order valence-electron chi connectivity index (χ4n) is 5.24. The molecular formula is C36H44N3O8P. The van der Waals surface area contributed by atoms with Crippen LogP contribution in [0.4, 0.5) is 4.79 Å². The summed E-state index contributed by atoms with van der Waals surface area (Å²) < 4.78 is 30.9. The number of carbonyl (C=O) groups excluding carboxylic acids is 4. The predicted molar refractivity (Wildman–Crippen MR) is 181 cm³/mol. The highest BCUT2D eigenvalue weighted by molar-refractivity contribution is 7.62. The fourth-order valence-corrected chi connectivity index (χ4v) is 6.76. The zero-order valence-corrected chi connectivity index (χ0v) is 28.3. The molecule has 0 aliphatic carbocycles. The lowest BCUT2D eigenvalue weighted by Gasteiger charge is -2.25. The molecule has 1 saturated heterocycles. The van der Waals surface area contributed by atoms with Gasteiger partial charge >= 0.3 is 13.7 Å². The molecule has 1 heterocycles. The summed E-state index contributed by atoms with van der Waals surface area (Å²) in [6.45, 7) is 4.06. The number of amides is 3. The largest absolute Gasteiger partial charge is 0.445 e. The lowest BCUT2D eigenvalue weighted by Crippen LogP contribution is -2.53. The van der Waals surface area contributed by atoms with Crippen LogP contribution in [0.3, 0.4) is 0 Å². The Hall–Kier alpha value is -4.31. The van der Waals surface area contributed by atoms with E-state index >= 15 is 0 Å². The van der Waals surface area contributed by atoms with E-state index in [9.17, 15) is 23.7 Å². The van der Waals surface area contributed by atoms with Crippen LogP contribution in [0.1, 0.15) is 44.2 Å². The predicted octanol–water partition coefficient (Wildman–Crippen LogP) is 4.80. The van der Waals surface area contributed by atoms with Gasteiger partial charge in [-0.15, -0.1) is 0 Å². The zero-order chi connectivity index (χ0) is 34.4. The maximum atomic E-state index is 14.0. The van der Waals surface area contributed by atoms with Crippen LogP contribution in [-0.4, -0.2) is 67.0 Å². The van der Waals surface area contributed by atoms with Crippen LogP contribution in [0, 0.1) is 5.92 Å². The van der Waals surface area contributed by atoms with Crippen LogP contribution in [0.2, 0.25) is 0 Å². The maximum Gasteiger partial charge on any atom is 0.408 e. The molecule has 3 aromatic rings. The second-order valence-corrected chi connectivity index (χ2v) is 14.1. The van der Waals surface area contributed by atoms with Crippen molar-refractivity contribution in [1.82, 2.24) is 15.5 Å². The number of nitrogens with zero attached hydrogens (tertiary/aromatic N) is 1. The Kier molecular flexibility index (Phi) is 13.9. The van der Waals surface area contributed by atoms with Crippen molar-refractivity contribution in [3.8, 4) is 0 Å². The normalized spacial score (nSPS) is 15.4. The van der Waals surface area contributed by atoms with Crippen molar-refractivity contribution < 1.29 is 37.5 Å². The highest BCUT2D eigenvalue weighted by Crippen LogP contribution is 2.47. The Morgan fingerprint density at radius 2 is 1.46 bits per heavy atom. The van der Waals surface area contributed by atoms with Gasteiger partial charge < -0.3 is 24.8 Å². The summed E-state index contributed by atoms with van der Waals surface area (Å²) in [5.41, 5.74) is 1.58. The summed E-state index contributed by atoms with van der Waals surface area (Å²) >= 11 is 0. The number of carbonyl (C=O) groups is 4. The SMILES string of the molecule is CC(C)C[C@H](NC(=O)OCc1ccccc1)C(=O)N[C@@H](Cc1ccccc1)C(=O)COP(=O)(OCCN1CCCC1=O)c1ccccc1. The van der Waals surface area contributed by atoms with Gasteiger partial charge in [0.1, 0.15) is 19.3 Å². The number of nitrogens with one attached hydrogen (secondary N) is 2. The molecule has 3 atom stereocenters. The van der Waals surface area contributed by atoms with Crippen LogP contribution in [0.15, 0.2) is 91.0 Å². The highest BCUT2D eigenvalue weighted by atomic mass is 31.2. The summed E-state index contributed by atoms with van der Waals surface area (Å²) in [6, 6.07) is 24.6. The van der Waals surface area contributed by atoms with E-state index in [0.717, 1.165) is 17.5 Å². The van der Waals surface area contributed by atoms with E-state index in [2.05, 4.69) is 10.6 Å². The third-order valence-electron chi connectivity index (χ3n) is 7.76. The van der Waals surface area contributed by atoms with E-state index in [1.165, 1.54) is 0 Å². The van der Waals surface area contributed by atoms with E-state index in [1.807, 2.05) is 74.5 Å². The molecule has 11 nitrogen and oxygen atoms in total. The third kappa shape index (κ3) is 11.4. The highest BCUT2D eigenvalue weighted by Gasteiger charge is 2.33. The number of ketones is 1. The first-order valence-electron chi connectivity index (χ1n) is 16.2. The molecule has 1 fully saturated rings. The van der Waals surface area contributed by atoms with Crippen LogP contribution >= 0.6 is 7.60 Å². The quantitative estimate of drug-likeness (QED) is 0.183.